The average Bonchev–Trinajstić information content (AvgIpc) is 2.77. The van der Waals surface area contributed by atoms with Crippen LogP contribution >= 0.6 is 27.3 Å². The van der Waals surface area contributed by atoms with Gasteiger partial charge in [-0.25, -0.2) is 17.9 Å². The minimum Gasteiger partial charge on any atom is -0.477 e. The van der Waals surface area contributed by atoms with Gasteiger partial charge in [-0.15, -0.1) is 11.3 Å². The quantitative estimate of drug-likeness (QED) is 0.616. The molecule has 0 aliphatic carbocycles. The first-order chi connectivity index (χ1) is 9.38. The summed E-state index contributed by atoms with van der Waals surface area (Å²) in [6, 6.07) is 1.12. The Bertz CT molecular complexity index is 556. The zero-order valence-corrected chi connectivity index (χ0v) is 13.8. The smallest absolute Gasteiger partial charge is 0.345 e. The molecule has 0 aliphatic heterocycles. The molecule has 20 heavy (non-hydrogen) atoms. The third kappa shape index (κ3) is 5.11. The summed E-state index contributed by atoms with van der Waals surface area (Å²) >= 11 is 3.90. The number of methoxy groups -OCH3 is 1. The van der Waals surface area contributed by atoms with E-state index in [-0.39, 0.29) is 26.7 Å². The maximum absolute atomic E-state index is 12.0. The number of nitrogens with one attached hydrogen (secondary N) is 1. The highest BCUT2D eigenvalue weighted by atomic mass is 79.9. The van der Waals surface area contributed by atoms with Crippen molar-refractivity contribution in [2.75, 3.05) is 33.5 Å². The van der Waals surface area contributed by atoms with Crippen molar-refractivity contribution in [2.45, 2.75) is 4.90 Å². The van der Waals surface area contributed by atoms with Gasteiger partial charge in [0, 0.05) is 13.7 Å². The van der Waals surface area contributed by atoms with Gasteiger partial charge < -0.3 is 14.6 Å². The van der Waals surface area contributed by atoms with Gasteiger partial charge in [0.2, 0.25) is 10.0 Å². The van der Waals surface area contributed by atoms with Gasteiger partial charge in [-0.2, -0.15) is 0 Å². The van der Waals surface area contributed by atoms with E-state index in [1.54, 1.807) is 7.11 Å². The van der Waals surface area contributed by atoms with Gasteiger partial charge in [-0.1, -0.05) is 0 Å². The fraction of sp³-hybridized carbons (Fsp3) is 0.500. The van der Waals surface area contributed by atoms with Crippen LogP contribution in [0.5, 0.6) is 0 Å². The fourth-order valence-corrected chi connectivity index (χ4v) is 4.63. The largest absolute Gasteiger partial charge is 0.477 e. The molecule has 0 aliphatic rings. The van der Waals surface area contributed by atoms with E-state index in [1.165, 1.54) is 0 Å². The van der Waals surface area contributed by atoms with E-state index in [2.05, 4.69) is 20.7 Å². The van der Waals surface area contributed by atoms with Gasteiger partial charge in [0.1, 0.15) is 9.77 Å². The highest BCUT2D eigenvalue weighted by Crippen LogP contribution is 2.31. The second-order valence-electron chi connectivity index (χ2n) is 3.56. The van der Waals surface area contributed by atoms with E-state index in [0.717, 1.165) is 17.4 Å². The number of thiophene rings is 1. The number of ether oxygens (including phenoxy) is 2. The van der Waals surface area contributed by atoms with Crippen molar-refractivity contribution in [1.29, 1.82) is 0 Å². The summed E-state index contributed by atoms with van der Waals surface area (Å²) in [5, 5.41) is 8.83. The van der Waals surface area contributed by atoms with Crippen molar-refractivity contribution in [3.8, 4) is 0 Å². The maximum Gasteiger partial charge on any atom is 0.345 e. The molecule has 10 heteroatoms. The lowest BCUT2D eigenvalue weighted by Gasteiger charge is -2.06. The zero-order valence-electron chi connectivity index (χ0n) is 10.6. The van der Waals surface area contributed by atoms with E-state index in [1.807, 2.05) is 0 Å². The molecule has 0 saturated heterocycles. The van der Waals surface area contributed by atoms with E-state index in [9.17, 15) is 13.2 Å². The fourth-order valence-electron chi connectivity index (χ4n) is 1.21. The monoisotopic (exact) mass is 387 g/mol. The summed E-state index contributed by atoms with van der Waals surface area (Å²) in [5.41, 5.74) is 0. The topological polar surface area (TPSA) is 102 Å². The number of halogens is 1. The summed E-state index contributed by atoms with van der Waals surface area (Å²) in [7, 11) is -2.22. The third-order valence-electron chi connectivity index (χ3n) is 2.13. The molecule has 1 aromatic heterocycles. The van der Waals surface area contributed by atoms with Gasteiger partial charge in [0.15, 0.2) is 0 Å². The Morgan fingerprint density at radius 2 is 2.15 bits per heavy atom. The van der Waals surface area contributed by atoms with Crippen molar-refractivity contribution in [3.05, 3.63) is 14.7 Å². The van der Waals surface area contributed by atoms with Crippen LogP contribution in [0, 0.1) is 0 Å². The van der Waals surface area contributed by atoms with Gasteiger partial charge >= 0.3 is 5.97 Å². The van der Waals surface area contributed by atoms with Gasteiger partial charge in [-0.3, -0.25) is 0 Å². The van der Waals surface area contributed by atoms with Crippen LogP contribution in [0.1, 0.15) is 9.67 Å². The predicted molar refractivity (Wildman–Crippen MR) is 76.9 cm³/mol. The van der Waals surface area contributed by atoms with Gasteiger partial charge in [0.25, 0.3) is 0 Å². The first-order valence-corrected chi connectivity index (χ1v) is 8.56. The molecule has 0 bridgehead atoms. The summed E-state index contributed by atoms with van der Waals surface area (Å²) in [6.07, 6.45) is 0. The Labute approximate surface area is 129 Å². The number of hydrogen-bond acceptors (Lipinski definition) is 6. The molecule has 0 saturated carbocycles. The van der Waals surface area contributed by atoms with Crippen molar-refractivity contribution in [2.24, 2.45) is 0 Å². The number of sulfonamides is 1. The number of carboxylic acid groups (broad SMARTS) is 1. The standard InChI is InChI=1S/C10H14BrNO6S2/c1-17-4-5-18-3-2-12-20(15,16)8-6-7(10(13)14)19-9(8)11/h6,12H,2-5H2,1H3,(H,13,14). The molecule has 1 heterocycles. The highest BCUT2D eigenvalue weighted by molar-refractivity contribution is 9.11. The molecule has 114 valence electrons. The summed E-state index contributed by atoms with van der Waals surface area (Å²) < 4.78 is 36.4. The molecular weight excluding hydrogens is 374 g/mol. The summed E-state index contributed by atoms with van der Waals surface area (Å²) in [4.78, 5) is 10.7. The van der Waals surface area contributed by atoms with Crippen molar-refractivity contribution in [3.63, 3.8) is 0 Å². The number of carbonyl (C=O) groups is 1. The molecule has 1 aromatic rings. The van der Waals surface area contributed by atoms with Crippen LogP contribution in [0.3, 0.4) is 0 Å². The molecule has 0 atom stereocenters. The van der Waals surface area contributed by atoms with Crippen LogP contribution in [-0.4, -0.2) is 53.0 Å². The molecule has 0 fully saturated rings. The van der Waals surface area contributed by atoms with Crippen LogP contribution in [0.15, 0.2) is 14.7 Å². The van der Waals surface area contributed by atoms with Crippen LogP contribution in [0.4, 0.5) is 0 Å². The van der Waals surface area contributed by atoms with Gasteiger partial charge in [-0.05, 0) is 22.0 Å². The van der Waals surface area contributed by atoms with Gasteiger partial charge in [0.05, 0.1) is 23.6 Å². The maximum atomic E-state index is 12.0. The SMILES string of the molecule is COCCOCCNS(=O)(=O)c1cc(C(=O)O)sc1Br. The first-order valence-electron chi connectivity index (χ1n) is 5.47. The predicted octanol–water partition coefficient (Wildman–Crippen LogP) is 1.15. The molecule has 0 radical (unpaired) electrons. The molecule has 0 spiro atoms. The normalized spacial score (nSPS) is 11.7. The van der Waals surface area contributed by atoms with E-state index in [4.69, 9.17) is 14.6 Å². The Morgan fingerprint density at radius 3 is 2.70 bits per heavy atom. The molecule has 1 rings (SSSR count). The van der Waals surface area contributed by atoms with Crippen LogP contribution in [0.25, 0.3) is 0 Å². The Balaban J connectivity index is 2.58. The Morgan fingerprint density at radius 1 is 1.45 bits per heavy atom. The average molecular weight is 388 g/mol. The second-order valence-corrected chi connectivity index (χ2v) is 7.66. The number of hydrogen-bond donors (Lipinski definition) is 2. The minimum absolute atomic E-state index is 0.0476. The van der Waals surface area contributed by atoms with Crippen molar-refractivity contribution >= 4 is 43.3 Å². The lowest BCUT2D eigenvalue weighted by molar-refractivity contribution is 0.0702. The molecule has 2 N–H and O–H groups in total. The van der Waals surface area contributed by atoms with Crippen LogP contribution < -0.4 is 4.72 Å². The summed E-state index contributed by atoms with van der Waals surface area (Å²) in [5.74, 6) is -1.17. The summed E-state index contributed by atoms with van der Waals surface area (Å²) in [6.45, 7) is 1.11. The number of rotatable bonds is 9. The van der Waals surface area contributed by atoms with Crippen LogP contribution in [-0.2, 0) is 19.5 Å². The second kappa shape index (κ2) is 8.05. The molecule has 7 nitrogen and oxygen atoms in total. The third-order valence-corrected chi connectivity index (χ3v) is 5.83. The zero-order chi connectivity index (χ0) is 15.2. The van der Waals surface area contributed by atoms with Crippen molar-refractivity contribution < 1.29 is 27.8 Å². The Hall–Kier alpha value is -0.520. The van der Waals surface area contributed by atoms with E-state index >= 15 is 0 Å². The van der Waals surface area contributed by atoms with Crippen molar-refractivity contribution in [1.82, 2.24) is 4.72 Å². The number of aromatic carboxylic acids is 1. The Kier molecular flexibility index (Phi) is 7.06. The molecule has 0 unspecified atom stereocenters. The lowest BCUT2D eigenvalue weighted by atomic mass is 10.5. The molecular formula is C10H14BrNO6S2. The van der Waals surface area contributed by atoms with E-state index < -0.39 is 16.0 Å². The molecule has 0 amide bonds. The first kappa shape index (κ1) is 17.5. The van der Waals surface area contributed by atoms with E-state index in [0.29, 0.717) is 13.2 Å². The lowest BCUT2D eigenvalue weighted by Crippen LogP contribution is -2.27. The molecule has 0 aromatic carbocycles. The minimum atomic E-state index is -3.76. The highest BCUT2D eigenvalue weighted by Gasteiger charge is 2.22. The number of carboxylic acids is 1. The van der Waals surface area contributed by atoms with Crippen LogP contribution in [0.2, 0.25) is 0 Å².